The van der Waals surface area contributed by atoms with Gasteiger partial charge in [-0.25, -0.2) is 0 Å². The molecule has 1 unspecified atom stereocenters. The van der Waals surface area contributed by atoms with Gasteiger partial charge in [0.15, 0.2) is 0 Å². The lowest BCUT2D eigenvalue weighted by molar-refractivity contribution is 0.122. The minimum atomic E-state index is 0.273. The largest absolute Gasteiger partial charge is 0.378 e. The quantitative estimate of drug-likeness (QED) is 0.849. The van der Waals surface area contributed by atoms with Crippen LogP contribution in [0.4, 0.5) is 11.9 Å². The van der Waals surface area contributed by atoms with E-state index in [1.807, 2.05) is 0 Å². The molecule has 2 aliphatic heterocycles. The number of hydrogen-bond donors (Lipinski definition) is 0. The zero-order valence-electron chi connectivity index (χ0n) is 12.6. The van der Waals surface area contributed by atoms with Crippen LogP contribution in [0.25, 0.3) is 0 Å². The molecule has 6 nitrogen and oxygen atoms in total. The van der Waals surface area contributed by atoms with Gasteiger partial charge in [0.05, 0.1) is 13.2 Å². The molecule has 21 heavy (non-hydrogen) atoms. The maximum Gasteiger partial charge on any atom is 0.231 e. The van der Waals surface area contributed by atoms with Crippen molar-refractivity contribution in [1.82, 2.24) is 15.0 Å². The molecule has 0 amide bonds. The number of hydrogen-bond acceptors (Lipinski definition) is 6. The number of anilines is 2. The molecule has 3 heterocycles. The molecule has 1 aromatic heterocycles. The average molecular weight is 312 g/mol. The lowest BCUT2D eigenvalue weighted by Crippen LogP contribution is -2.38. The second-order valence-electron chi connectivity index (χ2n) is 6.04. The predicted octanol–water partition coefficient (Wildman–Crippen LogP) is 1.84. The van der Waals surface area contributed by atoms with Gasteiger partial charge in [-0.2, -0.15) is 15.0 Å². The Morgan fingerprint density at radius 2 is 1.71 bits per heavy atom. The van der Waals surface area contributed by atoms with E-state index in [4.69, 9.17) is 16.3 Å². The van der Waals surface area contributed by atoms with Gasteiger partial charge in [-0.05, 0) is 29.9 Å². The molecule has 0 N–H and O–H groups in total. The molecule has 2 aliphatic rings. The lowest BCUT2D eigenvalue weighted by Gasteiger charge is -2.27. The van der Waals surface area contributed by atoms with Crippen molar-refractivity contribution in [2.24, 2.45) is 11.8 Å². The molecule has 0 radical (unpaired) electrons. The molecule has 1 aromatic rings. The highest BCUT2D eigenvalue weighted by molar-refractivity contribution is 6.28. The van der Waals surface area contributed by atoms with Crippen LogP contribution >= 0.6 is 11.6 Å². The Bertz CT molecular complexity index is 492. The summed E-state index contributed by atoms with van der Waals surface area (Å²) in [6.07, 6.45) is 1.19. The Morgan fingerprint density at radius 3 is 2.33 bits per heavy atom. The van der Waals surface area contributed by atoms with E-state index in [2.05, 4.69) is 38.6 Å². The third kappa shape index (κ3) is 3.37. The molecule has 0 saturated carbocycles. The van der Waals surface area contributed by atoms with E-state index in [0.717, 1.165) is 26.2 Å². The van der Waals surface area contributed by atoms with Gasteiger partial charge in [-0.1, -0.05) is 13.8 Å². The summed E-state index contributed by atoms with van der Waals surface area (Å²) in [4.78, 5) is 17.5. The van der Waals surface area contributed by atoms with Crippen LogP contribution in [0.15, 0.2) is 0 Å². The van der Waals surface area contributed by atoms with Crippen molar-refractivity contribution in [1.29, 1.82) is 0 Å². The summed E-state index contributed by atoms with van der Waals surface area (Å²) >= 11 is 6.10. The minimum Gasteiger partial charge on any atom is -0.378 e. The van der Waals surface area contributed by atoms with Crippen molar-refractivity contribution in [3.8, 4) is 0 Å². The van der Waals surface area contributed by atoms with Crippen LogP contribution < -0.4 is 9.80 Å². The van der Waals surface area contributed by atoms with E-state index in [1.165, 1.54) is 6.42 Å². The number of halogens is 1. The van der Waals surface area contributed by atoms with E-state index in [1.54, 1.807) is 0 Å². The van der Waals surface area contributed by atoms with Crippen molar-refractivity contribution in [3.05, 3.63) is 5.28 Å². The van der Waals surface area contributed by atoms with Crippen LogP contribution in [-0.4, -0.2) is 54.3 Å². The fourth-order valence-electron chi connectivity index (χ4n) is 2.89. The van der Waals surface area contributed by atoms with Crippen LogP contribution in [0.5, 0.6) is 0 Å². The number of aromatic nitrogens is 3. The molecule has 0 aromatic carbocycles. The first-order chi connectivity index (χ1) is 10.1. The molecule has 7 heteroatoms. The fourth-order valence-corrected chi connectivity index (χ4v) is 3.04. The van der Waals surface area contributed by atoms with Gasteiger partial charge in [0.1, 0.15) is 0 Å². The molecule has 2 saturated heterocycles. The van der Waals surface area contributed by atoms with Crippen LogP contribution in [-0.2, 0) is 4.74 Å². The van der Waals surface area contributed by atoms with Crippen molar-refractivity contribution in [2.75, 3.05) is 49.2 Å². The summed E-state index contributed by atoms with van der Waals surface area (Å²) in [7, 11) is 0. The minimum absolute atomic E-state index is 0.273. The Balaban J connectivity index is 1.78. The lowest BCUT2D eigenvalue weighted by atomic mass is 9.95. The normalized spacial score (nSPS) is 23.1. The summed E-state index contributed by atoms with van der Waals surface area (Å²) < 4.78 is 5.37. The topological polar surface area (TPSA) is 54.4 Å². The summed E-state index contributed by atoms with van der Waals surface area (Å²) in [6.45, 7) is 9.55. The third-order valence-electron chi connectivity index (χ3n) is 4.33. The van der Waals surface area contributed by atoms with Gasteiger partial charge >= 0.3 is 0 Å². The first-order valence-corrected chi connectivity index (χ1v) is 8.00. The summed E-state index contributed by atoms with van der Waals surface area (Å²) in [5.41, 5.74) is 0. The third-order valence-corrected chi connectivity index (χ3v) is 4.50. The molecule has 0 aliphatic carbocycles. The monoisotopic (exact) mass is 311 g/mol. The Hall–Kier alpha value is -1.14. The maximum absolute atomic E-state index is 6.10. The molecule has 1 atom stereocenters. The van der Waals surface area contributed by atoms with Crippen LogP contribution in [0.3, 0.4) is 0 Å². The zero-order valence-corrected chi connectivity index (χ0v) is 13.4. The maximum atomic E-state index is 6.10. The Kier molecular flexibility index (Phi) is 4.45. The fraction of sp³-hybridized carbons (Fsp3) is 0.786. The van der Waals surface area contributed by atoms with Crippen molar-refractivity contribution in [3.63, 3.8) is 0 Å². The molecule has 0 spiro atoms. The number of nitrogens with zero attached hydrogens (tertiary/aromatic N) is 5. The molecular weight excluding hydrogens is 290 g/mol. The van der Waals surface area contributed by atoms with Crippen molar-refractivity contribution < 1.29 is 4.74 Å². The SMILES string of the molecule is CC(C)C1CCN(c2nc(Cl)nc(N3CCOCC3)n2)C1. The number of morpholine rings is 1. The first-order valence-electron chi connectivity index (χ1n) is 7.62. The van der Waals surface area contributed by atoms with Gasteiger partial charge in [0.2, 0.25) is 17.2 Å². The van der Waals surface area contributed by atoms with E-state index in [0.29, 0.717) is 36.9 Å². The van der Waals surface area contributed by atoms with Gasteiger partial charge in [0, 0.05) is 26.2 Å². The molecule has 116 valence electrons. The predicted molar refractivity (Wildman–Crippen MR) is 83.0 cm³/mol. The van der Waals surface area contributed by atoms with Crippen molar-refractivity contribution in [2.45, 2.75) is 20.3 Å². The number of rotatable bonds is 3. The highest BCUT2D eigenvalue weighted by atomic mass is 35.5. The van der Waals surface area contributed by atoms with Crippen molar-refractivity contribution >= 4 is 23.5 Å². The van der Waals surface area contributed by atoms with Gasteiger partial charge in [-0.3, -0.25) is 0 Å². The highest BCUT2D eigenvalue weighted by Crippen LogP contribution is 2.27. The van der Waals surface area contributed by atoms with E-state index < -0.39 is 0 Å². The van der Waals surface area contributed by atoms with E-state index in [9.17, 15) is 0 Å². The molecule has 3 rings (SSSR count). The zero-order chi connectivity index (χ0) is 14.8. The summed E-state index contributed by atoms with van der Waals surface area (Å²) in [6, 6.07) is 0. The van der Waals surface area contributed by atoms with Gasteiger partial charge in [-0.15, -0.1) is 0 Å². The van der Waals surface area contributed by atoms with Crippen LogP contribution in [0.2, 0.25) is 5.28 Å². The smallest absolute Gasteiger partial charge is 0.231 e. The molecule has 0 bridgehead atoms. The first kappa shape index (κ1) is 14.8. The van der Waals surface area contributed by atoms with E-state index >= 15 is 0 Å². The molecular formula is C14H22ClN5O. The summed E-state index contributed by atoms with van der Waals surface area (Å²) in [5, 5.41) is 0.273. The highest BCUT2D eigenvalue weighted by Gasteiger charge is 2.27. The number of ether oxygens (including phenoxy) is 1. The summed E-state index contributed by atoms with van der Waals surface area (Å²) in [5.74, 6) is 2.76. The van der Waals surface area contributed by atoms with E-state index in [-0.39, 0.29) is 5.28 Å². The van der Waals surface area contributed by atoms with Crippen LogP contribution in [0.1, 0.15) is 20.3 Å². The van der Waals surface area contributed by atoms with Gasteiger partial charge in [0.25, 0.3) is 0 Å². The Morgan fingerprint density at radius 1 is 1.05 bits per heavy atom. The Labute approximate surface area is 130 Å². The second kappa shape index (κ2) is 6.32. The van der Waals surface area contributed by atoms with Gasteiger partial charge < -0.3 is 14.5 Å². The van der Waals surface area contributed by atoms with Crippen LogP contribution in [0, 0.1) is 11.8 Å². The second-order valence-corrected chi connectivity index (χ2v) is 6.38. The standard InChI is InChI=1S/C14H22ClN5O/c1-10(2)11-3-4-20(9-11)14-17-12(15)16-13(18-14)19-5-7-21-8-6-19/h10-11H,3-9H2,1-2H3. The average Bonchev–Trinajstić information content (AvgIpc) is 2.98. The molecule has 2 fully saturated rings.